The molecule has 4 nitrogen and oxygen atoms in total. The maximum Gasteiger partial charge on any atom is 0.237 e. The molecular weight excluding hydrogens is 345 g/mol. The molecule has 0 radical (unpaired) electrons. The van der Waals surface area contributed by atoms with Gasteiger partial charge in [0.05, 0.1) is 6.04 Å². The summed E-state index contributed by atoms with van der Waals surface area (Å²) >= 11 is 0. The molecule has 6 heteroatoms. The van der Waals surface area contributed by atoms with Crippen LogP contribution in [0.3, 0.4) is 0 Å². The molecule has 0 bridgehead atoms. The molecule has 2 saturated heterocycles. The van der Waals surface area contributed by atoms with Crippen molar-refractivity contribution in [2.24, 2.45) is 0 Å². The maximum atomic E-state index is 12.1. The lowest BCUT2D eigenvalue weighted by atomic mass is 10.0. The Bertz CT molecular complexity index is 501. The van der Waals surface area contributed by atoms with Crippen LogP contribution in [0.15, 0.2) is 24.3 Å². The van der Waals surface area contributed by atoms with Crippen LogP contribution in [0.2, 0.25) is 0 Å². The quantitative estimate of drug-likeness (QED) is 0.833. The number of amides is 1. The van der Waals surface area contributed by atoms with Gasteiger partial charge in [-0.15, -0.1) is 24.8 Å². The zero-order chi connectivity index (χ0) is 15.2. The summed E-state index contributed by atoms with van der Waals surface area (Å²) in [5, 5.41) is 6.35. The van der Waals surface area contributed by atoms with Gasteiger partial charge in [0.25, 0.3) is 0 Å². The van der Waals surface area contributed by atoms with E-state index in [1.165, 1.54) is 43.5 Å². The summed E-state index contributed by atoms with van der Waals surface area (Å²) in [5.74, 6) is 0.144. The molecule has 2 aliphatic rings. The van der Waals surface area contributed by atoms with E-state index in [2.05, 4.69) is 39.8 Å². The summed E-state index contributed by atoms with van der Waals surface area (Å²) in [6.45, 7) is 5.01. The molecule has 1 unspecified atom stereocenters. The van der Waals surface area contributed by atoms with E-state index >= 15 is 0 Å². The number of hydrogen-bond donors (Lipinski definition) is 2. The fourth-order valence-electron chi connectivity index (χ4n) is 3.46. The Hall–Kier alpha value is -0.810. The van der Waals surface area contributed by atoms with Crippen molar-refractivity contribution in [1.29, 1.82) is 0 Å². The largest absolute Gasteiger partial charge is 0.351 e. The molecule has 2 heterocycles. The molecule has 0 aliphatic carbocycles. The van der Waals surface area contributed by atoms with Gasteiger partial charge in [-0.25, -0.2) is 0 Å². The zero-order valence-electron chi connectivity index (χ0n) is 14.1. The molecule has 1 amide bonds. The van der Waals surface area contributed by atoms with E-state index in [0.29, 0.717) is 6.54 Å². The minimum absolute atomic E-state index is 0. The predicted octanol–water partition coefficient (Wildman–Crippen LogP) is 2.88. The van der Waals surface area contributed by atoms with Crippen LogP contribution in [-0.2, 0) is 17.9 Å². The summed E-state index contributed by atoms with van der Waals surface area (Å²) < 4.78 is 0. The van der Waals surface area contributed by atoms with Crippen LogP contribution in [0.5, 0.6) is 0 Å². The average molecular weight is 374 g/mol. The topological polar surface area (TPSA) is 44.4 Å². The molecule has 1 aromatic carbocycles. The van der Waals surface area contributed by atoms with E-state index in [1.54, 1.807) is 0 Å². The summed E-state index contributed by atoms with van der Waals surface area (Å²) in [6, 6.07) is 8.51. The van der Waals surface area contributed by atoms with Gasteiger partial charge in [-0.05, 0) is 56.4 Å². The van der Waals surface area contributed by atoms with Gasteiger partial charge in [0, 0.05) is 13.1 Å². The Morgan fingerprint density at radius 2 is 1.79 bits per heavy atom. The number of nitrogens with one attached hydrogen (secondary N) is 2. The number of hydrogen-bond acceptors (Lipinski definition) is 3. The highest BCUT2D eigenvalue weighted by molar-refractivity contribution is 5.85. The van der Waals surface area contributed by atoms with Crippen LogP contribution >= 0.6 is 24.8 Å². The van der Waals surface area contributed by atoms with Gasteiger partial charge < -0.3 is 10.6 Å². The van der Waals surface area contributed by atoms with Crippen LogP contribution < -0.4 is 10.6 Å². The molecule has 1 atom stereocenters. The highest BCUT2D eigenvalue weighted by Gasteiger charge is 2.21. The second kappa shape index (κ2) is 10.9. The van der Waals surface area contributed by atoms with E-state index < -0.39 is 0 Å². The SMILES string of the molecule is Cl.Cl.O=C(NCc1ccccc1CN1CCCCC1)C1CCCN1. The van der Waals surface area contributed by atoms with Gasteiger partial charge >= 0.3 is 0 Å². The Kier molecular flexibility index (Phi) is 9.67. The van der Waals surface area contributed by atoms with Crippen LogP contribution in [-0.4, -0.2) is 36.5 Å². The number of benzene rings is 1. The van der Waals surface area contributed by atoms with E-state index in [0.717, 1.165) is 25.9 Å². The lowest BCUT2D eigenvalue weighted by Crippen LogP contribution is -2.40. The molecular formula is C18H29Cl2N3O. The van der Waals surface area contributed by atoms with Crippen molar-refractivity contribution >= 4 is 30.7 Å². The van der Waals surface area contributed by atoms with Crippen LogP contribution in [0, 0.1) is 0 Å². The second-order valence-electron chi connectivity index (χ2n) is 6.47. The maximum absolute atomic E-state index is 12.1. The van der Waals surface area contributed by atoms with Crippen molar-refractivity contribution in [2.45, 2.75) is 51.2 Å². The first-order chi connectivity index (χ1) is 10.8. The van der Waals surface area contributed by atoms with Gasteiger partial charge in [0.15, 0.2) is 0 Å². The molecule has 0 saturated carbocycles. The van der Waals surface area contributed by atoms with Crippen molar-refractivity contribution < 1.29 is 4.79 Å². The summed E-state index contributed by atoms with van der Waals surface area (Å²) in [4.78, 5) is 14.7. The predicted molar refractivity (Wildman–Crippen MR) is 103 cm³/mol. The van der Waals surface area contributed by atoms with Gasteiger partial charge in [0.1, 0.15) is 0 Å². The van der Waals surface area contributed by atoms with Crippen molar-refractivity contribution in [3.8, 4) is 0 Å². The first-order valence-corrected chi connectivity index (χ1v) is 8.63. The van der Waals surface area contributed by atoms with Crippen LogP contribution in [0.4, 0.5) is 0 Å². The second-order valence-corrected chi connectivity index (χ2v) is 6.47. The molecule has 2 N–H and O–H groups in total. The van der Waals surface area contributed by atoms with Gasteiger partial charge in [-0.3, -0.25) is 9.69 Å². The summed E-state index contributed by atoms with van der Waals surface area (Å²) in [5.41, 5.74) is 2.60. The summed E-state index contributed by atoms with van der Waals surface area (Å²) in [7, 11) is 0. The number of carbonyl (C=O) groups excluding carboxylic acids is 1. The number of likely N-dealkylation sites (tertiary alicyclic amines) is 1. The number of carbonyl (C=O) groups is 1. The van der Waals surface area contributed by atoms with E-state index in [-0.39, 0.29) is 36.8 Å². The standard InChI is InChI=1S/C18H27N3O.2ClH/c22-18(17-9-6-10-19-17)20-13-15-7-2-3-8-16(15)14-21-11-4-1-5-12-21;;/h2-3,7-8,17,19H,1,4-6,9-14H2,(H,20,22);2*1H. The Morgan fingerprint density at radius 1 is 1.08 bits per heavy atom. The van der Waals surface area contributed by atoms with E-state index in [9.17, 15) is 4.79 Å². The monoisotopic (exact) mass is 373 g/mol. The fourth-order valence-corrected chi connectivity index (χ4v) is 3.46. The number of nitrogens with zero attached hydrogens (tertiary/aromatic N) is 1. The van der Waals surface area contributed by atoms with Crippen molar-refractivity contribution in [2.75, 3.05) is 19.6 Å². The normalized spacial score (nSPS) is 20.8. The third kappa shape index (κ3) is 5.92. The van der Waals surface area contributed by atoms with Crippen LogP contribution in [0.1, 0.15) is 43.2 Å². The third-order valence-corrected chi connectivity index (χ3v) is 4.79. The molecule has 3 rings (SSSR count). The van der Waals surface area contributed by atoms with E-state index in [1.807, 2.05) is 0 Å². The van der Waals surface area contributed by atoms with Crippen molar-refractivity contribution in [1.82, 2.24) is 15.5 Å². The highest BCUT2D eigenvalue weighted by Crippen LogP contribution is 2.16. The van der Waals surface area contributed by atoms with E-state index in [4.69, 9.17) is 0 Å². The Balaban J connectivity index is 0.00000144. The minimum Gasteiger partial charge on any atom is -0.351 e. The Labute approximate surface area is 157 Å². The number of piperidine rings is 1. The van der Waals surface area contributed by atoms with Gasteiger partial charge in [-0.1, -0.05) is 30.7 Å². The van der Waals surface area contributed by atoms with Gasteiger partial charge in [0.2, 0.25) is 5.91 Å². The lowest BCUT2D eigenvalue weighted by molar-refractivity contribution is -0.122. The van der Waals surface area contributed by atoms with Crippen molar-refractivity contribution in [3.05, 3.63) is 35.4 Å². The average Bonchev–Trinajstić information content (AvgIpc) is 3.09. The smallest absolute Gasteiger partial charge is 0.237 e. The minimum atomic E-state index is 0. The summed E-state index contributed by atoms with van der Waals surface area (Å²) in [6.07, 6.45) is 6.05. The highest BCUT2D eigenvalue weighted by atomic mass is 35.5. The number of rotatable bonds is 5. The lowest BCUT2D eigenvalue weighted by Gasteiger charge is -2.27. The molecule has 2 aliphatic heterocycles. The number of halogens is 2. The molecule has 24 heavy (non-hydrogen) atoms. The first kappa shape index (κ1) is 21.2. The molecule has 1 aromatic rings. The molecule has 2 fully saturated rings. The first-order valence-electron chi connectivity index (χ1n) is 8.63. The van der Waals surface area contributed by atoms with Crippen LogP contribution in [0.25, 0.3) is 0 Å². The van der Waals surface area contributed by atoms with Gasteiger partial charge in [-0.2, -0.15) is 0 Å². The molecule has 136 valence electrons. The third-order valence-electron chi connectivity index (χ3n) is 4.79. The Morgan fingerprint density at radius 3 is 2.46 bits per heavy atom. The van der Waals surface area contributed by atoms with Crippen molar-refractivity contribution in [3.63, 3.8) is 0 Å². The fraction of sp³-hybridized carbons (Fsp3) is 0.611. The molecule has 0 spiro atoms. The molecule has 0 aromatic heterocycles. The zero-order valence-corrected chi connectivity index (χ0v) is 15.8.